The van der Waals surface area contributed by atoms with Crippen molar-refractivity contribution in [2.45, 2.75) is 77.9 Å². The first-order valence-electron chi connectivity index (χ1n) is 8.30. The van der Waals surface area contributed by atoms with Crippen molar-refractivity contribution in [3.8, 4) is 6.07 Å². The lowest BCUT2D eigenvalue weighted by atomic mass is 9.95. The molecule has 0 aromatic rings. The molecule has 0 radical (unpaired) electrons. The van der Waals surface area contributed by atoms with Crippen molar-refractivity contribution in [2.24, 2.45) is 0 Å². The van der Waals surface area contributed by atoms with Gasteiger partial charge in [0.2, 0.25) is 0 Å². The zero-order chi connectivity index (χ0) is 16.3. The average Bonchev–Trinajstić information content (AvgIpc) is 2.45. The summed E-state index contributed by atoms with van der Waals surface area (Å²) in [6, 6.07) is 3.36. The highest BCUT2D eigenvalue weighted by Crippen LogP contribution is 2.15. The number of nitrogens with zero attached hydrogens (tertiary/aromatic N) is 2. The van der Waals surface area contributed by atoms with Crippen LogP contribution < -0.4 is 5.32 Å². The molecule has 0 aromatic carbocycles. The zero-order valence-electron chi connectivity index (χ0n) is 14.9. The molecular weight excluding hydrogens is 262 g/mol. The van der Waals surface area contributed by atoms with E-state index in [9.17, 15) is 5.26 Å². The van der Waals surface area contributed by atoms with Crippen molar-refractivity contribution < 1.29 is 4.74 Å². The fourth-order valence-corrected chi connectivity index (χ4v) is 2.61. The van der Waals surface area contributed by atoms with Crippen LogP contribution in [0.5, 0.6) is 0 Å². The van der Waals surface area contributed by atoms with Crippen LogP contribution >= 0.6 is 0 Å². The molecular formula is C17H35N3O. The normalized spacial score (nSPS) is 16.0. The van der Waals surface area contributed by atoms with Gasteiger partial charge >= 0.3 is 0 Å². The maximum absolute atomic E-state index is 9.35. The molecule has 124 valence electrons. The maximum atomic E-state index is 9.35. The van der Waals surface area contributed by atoms with Crippen LogP contribution in [0.15, 0.2) is 0 Å². The first-order chi connectivity index (χ1) is 9.88. The summed E-state index contributed by atoms with van der Waals surface area (Å²) in [4.78, 5) is 2.49. The number of ether oxygens (including phenoxy) is 1. The molecule has 0 bridgehead atoms. The third kappa shape index (κ3) is 9.08. The van der Waals surface area contributed by atoms with Gasteiger partial charge < -0.3 is 4.74 Å². The number of methoxy groups -OCH3 is 1. The fourth-order valence-electron chi connectivity index (χ4n) is 2.61. The minimum absolute atomic E-state index is 0.341. The Hall–Kier alpha value is -0.630. The highest BCUT2D eigenvalue weighted by Gasteiger charge is 2.23. The Morgan fingerprint density at radius 2 is 1.90 bits per heavy atom. The van der Waals surface area contributed by atoms with Crippen molar-refractivity contribution in [2.75, 3.05) is 26.8 Å². The van der Waals surface area contributed by atoms with Crippen LogP contribution in [0.4, 0.5) is 0 Å². The summed E-state index contributed by atoms with van der Waals surface area (Å²) in [5.41, 5.74) is -0.401. The average molecular weight is 297 g/mol. The van der Waals surface area contributed by atoms with E-state index in [0.29, 0.717) is 12.1 Å². The smallest absolute Gasteiger partial charge is 0.104 e. The van der Waals surface area contributed by atoms with Gasteiger partial charge in [-0.25, -0.2) is 0 Å². The third-order valence-corrected chi connectivity index (χ3v) is 4.02. The van der Waals surface area contributed by atoms with E-state index in [1.54, 1.807) is 7.11 Å². The predicted molar refractivity (Wildman–Crippen MR) is 89.3 cm³/mol. The molecule has 0 rings (SSSR count). The van der Waals surface area contributed by atoms with Crippen molar-refractivity contribution in [3.63, 3.8) is 0 Å². The van der Waals surface area contributed by atoms with Gasteiger partial charge in [0.05, 0.1) is 12.7 Å². The van der Waals surface area contributed by atoms with Gasteiger partial charge in [0.15, 0.2) is 0 Å². The second-order valence-electron chi connectivity index (χ2n) is 6.49. The quantitative estimate of drug-likeness (QED) is 0.562. The van der Waals surface area contributed by atoms with Crippen LogP contribution in [0, 0.1) is 11.3 Å². The summed E-state index contributed by atoms with van der Waals surface area (Å²) in [5, 5.41) is 12.7. The van der Waals surface area contributed by atoms with E-state index in [0.717, 1.165) is 45.4 Å². The van der Waals surface area contributed by atoms with Gasteiger partial charge in [-0.15, -0.1) is 0 Å². The highest BCUT2D eigenvalue weighted by molar-refractivity contribution is 5.04. The number of hydrogen-bond donors (Lipinski definition) is 1. The summed E-state index contributed by atoms with van der Waals surface area (Å²) < 4.78 is 5.19. The number of hydrogen-bond acceptors (Lipinski definition) is 4. The Morgan fingerprint density at radius 1 is 1.24 bits per heavy atom. The van der Waals surface area contributed by atoms with Crippen LogP contribution in [-0.2, 0) is 4.74 Å². The molecule has 0 spiro atoms. The number of nitrogens with one attached hydrogen (secondary N) is 1. The summed E-state index contributed by atoms with van der Waals surface area (Å²) in [6.45, 7) is 13.5. The first-order valence-corrected chi connectivity index (χ1v) is 8.30. The lowest BCUT2D eigenvalue weighted by Gasteiger charge is -2.29. The minimum Gasteiger partial charge on any atom is -0.383 e. The van der Waals surface area contributed by atoms with E-state index in [2.05, 4.69) is 44.0 Å². The molecule has 0 saturated heterocycles. The third-order valence-electron chi connectivity index (χ3n) is 4.02. The molecule has 2 unspecified atom stereocenters. The molecule has 21 heavy (non-hydrogen) atoms. The Kier molecular flexibility index (Phi) is 10.7. The first kappa shape index (κ1) is 20.4. The molecule has 0 aliphatic rings. The molecule has 0 aliphatic heterocycles. The van der Waals surface area contributed by atoms with Crippen molar-refractivity contribution in [3.05, 3.63) is 0 Å². The molecule has 0 aliphatic carbocycles. The largest absolute Gasteiger partial charge is 0.383 e. The molecule has 0 aromatic heterocycles. The Labute approximate surface area is 131 Å². The van der Waals surface area contributed by atoms with Crippen molar-refractivity contribution >= 4 is 0 Å². The molecule has 4 nitrogen and oxygen atoms in total. The number of unbranched alkanes of at least 4 members (excludes halogenated alkanes) is 1. The second-order valence-corrected chi connectivity index (χ2v) is 6.49. The van der Waals surface area contributed by atoms with Crippen molar-refractivity contribution in [1.82, 2.24) is 10.2 Å². The Balaban J connectivity index is 4.16. The van der Waals surface area contributed by atoms with Crippen LogP contribution in [0.25, 0.3) is 0 Å². The molecule has 1 N–H and O–H groups in total. The van der Waals surface area contributed by atoms with Gasteiger partial charge in [-0.2, -0.15) is 5.26 Å². The van der Waals surface area contributed by atoms with E-state index in [-0.39, 0.29) is 0 Å². The lowest BCUT2D eigenvalue weighted by molar-refractivity contribution is 0.121. The Morgan fingerprint density at radius 3 is 2.38 bits per heavy atom. The predicted octanol–water partition coefficient (Wildman–Crippen LogP) is 3.18. The summed E-state index contributed by atoms with van der Waals surface area (Å²) in [5.74, 6) is 0. The fraction of sp³-hybridized carbons (Fsp3) is 0.941. The monoisotopic (exact) mass is 297 g/mol. The molecule has 0 heterocycles. The van der Waals surface area contributed by atoms with Crippen LogP contribution in [-0.4, -0.2) is 49.3 Å². The maximum Gasteiger partial charge on any atom is 0.104 e. The van der Waals surface area contributed by atoms with Gasteiger partial charge in [0, 0.05) is 25.7 Å². The van der Waals surface area contributed by atoms with Crippen LogP contribution in [0.1, 0.15) is 60.3 Å². The summed E-state index contributed by atoms with van der Waals surface area (Å²) in [7, 11) is 1.75. The van der Waals surface area contributed by atoms with Gasteiger partial charge in [0.1, 0.15) is 5.54 Å². The van der Waals surface area contributed by atoms with E-state index >= 15 is 0 Å². The van der Waals surface area contributed by atoms with E-state index in [1.807, 2.05) is 6.92 Å². The molecule has 4 heteroatoms. The number of rotatable bonds is 12. The van der Waals surface area contributed by atoms with Crippen LogP contribution in [0.3, 0.4) is 0 Å². The molecule has 0 amide bonds. The van der Waals surface area contributed by atoms with Crippen molar-refractivity contribution in [1.29, 1.82) is 5.26 Å². The molecule has 0 saturated carbocycles. The van der Waals surface area contributed by atoms with Gasteiger partial charge in [-0.3, -0.25) is 10.2 Å². The zero-order valence-corrected chi connectivity index (χ0v) is 14.9. The van der Waals surface area contributed by atoms with Gasteiger partial charge in [-0.1, -0.05) is 6.92 Å². The van der Waals surface area contributed by atoms with Gasteiger partial charge in [-0.05, 0) is 59.9 Å². The summed E-state index contributed by atoms with van der Waals surface area (Å²) in [6.07, 6.45) is 4.27. The van der Waals surface area contributed by atoms with E-state index in [4.69, 9.17) is 4.74 Å². The second kappa shape index (κ2) is 11.0. The topological polar surface area (TPSA) is 48.3 Å². The Bertz CT molecular complexity index is 301. The lowest BCUT2D eigenvalue weighted by Crippen LogP contribution is -2.45. The standard InChI is InChI=1S/C17H35N3O/c1-7-16(4)20(12-13-21-6)11-9-8-10-17(5,14-18)19-15(2)3/h15-16,19H,7-13H2,1-6H3. The number of nitriles is 1. The molecule has 2 atom stereocenters. The SMILES string of the molecule is CCC(C)N(CCCCC(C)(C#N)NC(C)C)CCOC. The van der Waals surface area contributed by atoms with Gasteiger partial charge in [0.25, 0.3) is 0 Å². The van der Waals surface area contributed by atoms with E-state index < -0.39 is 5.54 Å². The van der Waals surface area contributed by atoms with E-state index in [1.165, 1.54) is 0 Å². The highest BCUT2D eigenvalue weighted by atomic mass is 16.5. The minimum atomic E-state index is -0.401. The van der Waals surface area contributed by atoms with Crippen LogP contribution in [0.2, 0.25) is 0 Å². The summed E-state index contributed by atoms with van der Waals surface area (Å²) >= 11 is 0. The molecule has 0 fully saturated rings.